The molecule has 0 atom stereocenters. The molecule has 0 amide bonds. The van der Waals surface area contributed by atoms with Crippen molar-refractivity contribution in [3.05, 3.63) is 36.2 Å². The molecule has 2 aromatic heterocycles. The fourth-order valence-electron chi connectivity index (χ4n) is 5.08. The van der Waals surface area contributed by atoms with Crippen molar-refractivity contribution in [3.8, 4) is 0 Å². The Bertz CT molecular complexity index is 1130. The second kappa shape index (κ2) is 8.97. The predicted octanol–water partition coefficient (Wildman–Crippen LogP) is 4.09. The highest BCUT2D eigenvalue weighted by Gasteiger charge is 2.26. The molecule has 0 spiro atoms. The number of carboxylic acid groups (broad SMARTS) is 1. The number of nitrogens with one attached hydrogen (secondary N) is 1. The number of benzene rings is 1. The summed E-state index contributed by atoms with van der Waals surface area (Å²) in [5, 5.41) is 12.5. The van der Waals surface area contributed by atoms with Crippen molar-refractivity contribution in [2.24, 2.45) is 5.73 Å². The Balaban J connectivity index is 1.52. The van der Waals surface area contributed by atoms with Crippen molar-refractivity contribution < 1.29 is 9.90 Å². The SMILES string of the molecule is CN(c1nc(Nc2ccc(C(=O)O)cc2)c2ncn(C3CCCC3)c2n1)C1CCC(N)CC1. The summed E-state index contributed by atoms with van der Waals surface area (Å²) in [6.07, 6.45) is 10.7. The Morgan fingerprint density at radius 1 is 1.09 bits per heavy atom. The smallest absolute Gasteiger partial charge is 0.335 e. The maximum atomic E-state index is 11.2. The first-order valence-electron chi connectivity index (χ1n) is 11.8. The van der Waals surface area contributed by atoms with Gasteiger partial charge in [-0.3, -0.25) is 0 Å². The van der Waals surface area contributed by atoms with E-state index < -0.39 is 5.97 Å². The van der Waals surface area contributed by atoms with Crippen LogP contribution in [0.5, 0.6) is 0 Å². The van der Waals surface area contributed by atoms with E-state index in [9.17, 15) is 9.90 Å². The van der Waals surface area contributed by atoms with Gasteiger partial charge in [0.05, 0.1) is 11.9 Å². The first-order valence-corrected chi connectivity index (χ1v) is 11.8. The number of nitrogens with two attached hydrogens (primary N) is 1. The van der Waals surface area contributed by atoms with Crippen molar-refractivity contribution in [2.75, 3.05) is 17.3 Å². The van der Waals surface area contributed by atoms with Crippen molar-refractivity contribution in [1.29, 1.82) is 0 Å². The Kier molecular flexibility index (Phi) is 5.88. The number of carboxylic acids is 1. The zero-order valence-corrected chi connectivity index (χ0v) is 18.9. The van der Waals surface area contributed by atoms with Gasteiger partial charge in [-0.15, -0.1) is 0 Å². The van der Waals surface area contributed by atoms with E-state index in [1.54, 1.807) is 24.3 Å². The Labute approximate surface area is 193 Å². The maximum Gasteiger partial charge on any atom is 0.335 e. The van der Waals surface area contributed by atoms with Crippen LogP contribution >= 0.6 is 0 Å². The van der Waals surface area contributed by atoms with Crippen LogP contribution in [0.25, 0.3) is 11.2 Å². The molecule has 0 saturated heterocycles. The lowest BCUT2D eigenvalue weighted by Crippen LogP contribution is -2.39. The van der Waals surface area contributed by atoms with E-state index in [0.29, 0.717) is 23.8 Å². The number of nitrogens with zero attached hydrogens (tertiary/aromatic N) is 5. The topological polar surface area (TPSA) is 122 Å². The Morgan fingerprint density at radius 3 is 2.45 bits per heavy atom. The fraction of sp³-hybridized carbons (Fsp3) is 0.500. The van der Waals surface area contributed by atoms with Gasteiger partial charge in [0.25, 0.3) is 0 Å². The molecule has 2 fully saturated rings. The molecular formula is C24H31N7O2. The second-order valence-electron chi connectivity index (χ2n) is 9.32. The van der Waals surface area contributed by atoms with Gasteiger partial charge >= 0.3 is 5.97 Å². The Hall–Kier alpha value is -3.20. The summed E-state index contributed by atoms with van der Waals surface area (Å²) in [7, 11) is 2.06. The minimum atomic E-state index is -0.947. The van der Waals surface area contributed by atoms with E-state index >= 15 is 0 Å². The van der Waals surface area contributed by atoms with Gasteiger partial charge in [0.15, 0.2) is 17.0 Å². The number of aromatic nitrogens is 4. The summed E-state index contributed by atoms with van der Waals surface area (Å²) < 4.78 is 2.21. The summed E-state index contributed by atoms with van der Waals surface area (Å²) >= 11 is 0. The summed E-state index contributed by atoms with van der Waals surface area (Å²) in [6, 6.07) is 7.71. The standard InChI is InChI=1S/C24H31N7O2/c1-30(18-12-8-16(25)9-13-18)24-28-21(27-17-10-6-15(7-11-17)23(32)33)20-22(29-24)31(14-26-20)19-4-2-3-5-19/h6-7,10-11,14,16,18-19H,2-5,8-9,12-13,25H2,1H3,(H,32,33)(H,27,28,29). The van der Waals surface area contributed by atoms with E-state index in [0.717, 1.165) is 55.4 Å². The van der Waals surface area contributed by atoms with Crippen molar-refractivity contribution >= 4 is 34.6 Å². The normalized spacial score (nSPS) is 21.4. The number of fused-ring (bicyclic) bond motifs is 1. The van der Waals surface area contributed by atoms with Crippen molar-refractivity contribution in [3.63, 3.8) is 0 Å². The molecule has 9 heteroatoms. The van der Waals surface area contributed by atoms with Gasteiger partial charge in [0, 0.05) is 30.9 Å². The summed E-state index contributed by atoms with van der Waals surface area (Å²) in [5.41, 5.74) is 8.69. The predicted molar refractivity (Wildman–Crippen MR) is 128 cm³/mol. The Morgan fingerprint density at radius 2 is 1.79 bits per heavy atom. The zero-order valence-electron chi connectivity index (χ0n) is 18.9. The van der Waals surface area contributed by atoms with Crippen LogP contribution in [0.4, 0.5) is 17.5 Å². The van der Waals surface area contributed by atoms with Crippen LogP contribution in [-0.4, -0.2) is 49.7 Å². The van der Waals surface area contributed by atoms with E-state index in [-0.39, 0.29) is 11.6 Å². The van der Waals surface area contributed by atoms with Crippen LogP contribution in [0.2, 0.25) is 0 Å². The van der Waals surface area contributed by atoms with Gasteiger partial charge in [-0.1, -0.05) is 12.8 Å². The van der Waals surface area contributed by atoms with Gasteiger partial charge in [-0.2, -0.15) is 9.97 Å². The number of rotatable bonds is 6. The number of anilines is 3. The average Bonchev–Trinajstić information content (AvgIpc) is 3.49. The molecule has 2 heterocycles. The molecule has 33 heavy (non-hydrogen) atoms. The molecular weight excluding hydrogens is 418 g/mol. The highest BCUT2D eigenvalue weighted by atomic mass is 16.4. The molecule has 2 aliphatic carbocycles. The monoisotopic (exact) mass is 449 g/mol. The van der Waals surface area contributed by atoms with Crippen LogP contribution in [0, 0.1) is 0 Å². The fourth-order valence-corrected chi connectivity index (χ4v) is 5.08. The first kappa shape index (κ1) is 21.6. The first-order chi connectivity index (χ1) is 16.0. The molecule has 9 nitrogen and oxygen atoms in total. The average molecular weight is 450 g/mol. The zero-order chi connectivity index (χ0) is 22.9. The highest BCUT2D eigenvalue weighted by Crippen LogP contribution is 2.34. The molecule has 0 unspecified atom stereocenters. The largest absolute Gasteiger partial charge is 0.478 e. The maximum absolute atomic E-state index is 11.2. The van der Waals surface area contributed by atoms with Crippen LogP contribution in [0.1, 0.15) is 67.8 Å². The molecule has 5 rings (SSSR count). The van der Waals surface area contributed by atoms with Gasteiger partial charge in [-0.05, 0) is 62.8 Å². The molecule has 0 aliphatic heterocycles. The molecule has 0 bridgehead atoms. The number of hydrogen-bond acceptors (Lipinski definition) is 7. The molecule has 174 valence electrons. The lowest BCUT2D eigenvalue weighted by atomic mass is 9.91. The number of hydrogen-bond donors (Lipinski definition) is 3. The van der Waals surface area contributed by atoms with Crippen LogP contribution in [-0.2, 0) is 0 Å². The van der Waals surface area contributed by atoms with E-state index in [4.69, 9.17) is 15.7 Å². The lowest BCUT2D eigenvalue weighted by Gasteiger charge is -2.33. The minimum absolute atomic E-state index is 0.245. The molecule has 0 radical (unpaired) electrons. The van der Waals surface area contributed by atoms with Gasteiger partial charge in [-0.25, -0.2) is 9.78 Å². The lowest BCUT2D eigenvalue weighted by molar-refractivity contribution is 0.0697. The van der Waals surface area contributed by atoms with Gasteiger partial charge < -0.3 is 25.6 Å². The van der Waals surface area contributed by atoms with Crippen LogP contribution in [0.3, 0.4) is 0 Å². The third-order valence-corrected chi connectivity index (χ3v) is 7.13. The van der Waals surface area contributed by atoms with Crippen LogP contribution < -0.4 is 16.0 Å². The number of carbonyl (C=O) groups is 1. The second-order valence-corrected chi connectivity index (χ2v) is 9.32. The van der Waals surface area contributed by atoms with Crippen molar-refractivity contribution in [1.82, 2.24) is 19.5 Å². The summed E-state index contributed by atoms with van der Waals surface area (Å²) in [4.78, 5) is 27.9. The van der Waals surface area contributed by atoms with Crippen molar-refractivity contribution in [2.45, 2.75) is 69.5 Å². The molecule has 1 aromatic carbocycles. The molecule has 3 aromatic rings. The molecule has 2 saturated carbocycles. The number of imidazole rings is 1. The van der Waals surface area contributed by atoms with E-state index in [2.05, 4.69) is 26.8 Å². The quantitative estimate of drug-likeness (QED) is 0.514. The van der Waals surface area contributed by atoms with Gasteiger partial charge in [0.1, 0.15) is 0 Å². The molecule has 4 N–H and O–H groups in total. The number of aromatic carboxylic acids is 1. The van der Waals surface area contributed by atoms with Crippen LogP contribution in [0.15, 0.2) is 30.6 Å². The van der Waals surface area contributed by atoms with E-state index in [1.807, 2.05) is 6.33 Å². The summed E-state index contributed by atoms with van der Waals surface area (Å²) in [5.74, 6) is 0.360. The van der Waals surface area contributed by atoms with Gasteiger partial charge in [0.2, 0.25) is 5.95 Å². The summed E-state index contributed by atoms with van der Waals surface area (Å²) in [6.45, 7) is 0. The minimum Gasteiger partial charge on any atom is -0.478 e. The third kappa shape index (κ3) is 4.37. The third-order valence-electron chi connectivity index (χ3n) is 7.13. The highest BCUT2D eigenvalue weighted by molar-refractivity contribution is 5.89. The molecule has 2 aliphatic rings. The van der Waals surface area contributed by atoms with E-state index in [1.165, 1.54) is 12.8 Å².